The number of aryl methyl sites for hydroxylation is 2. The zero-order valence-corrected chi connectivity index (χ0v) is 16.1. The first kappa shape index (κ1) is 19.8. The van der Waals surface area contributed by atoms with E-state index in [0.717, 1.165) is 11.1 Å². The van der Waals surface area contributed by atoms with Gasteiger partial charge in [-0.1, -0.05) is 25.4 Å². The largest absolute Gasteiger partial charge is 0.483 e. The van der Waals surface area contributed by atoms with E-state index in [9.17, 15) is 9.59 Å². The molecule has 0 radical (unpaired) electrons. The van der Waals surface area contributed by atoms with Gasteiger partial charge in [0.2, 0.25) is 5.91 Å². The summed E-state index contributed by atoms with van der Waals surface area (Å²) in [6.45, 7) is 7.60. The Morgan fingerprint density at radius 2 is 1.85 bits per heavy atom. The molecular weight excluding hydrogens is 352 g/mol. The summed E-state index contributed by atoms with van der Waals surface area (Å²) in [5.74, 6) is 0.0778. The Labute approximate surface area is 158 Å². The number of amides is 2. The predicted molar refractivity (Wildman–Crippen MR) is 104 cm³/mol. The Bertz CT molecular complexity index is 847. The van der Waals surface area contributed by atoms with E-state index in [1.54, 1.807) is 25.1 Å². The van der Waals surface area contributed by atoms with Gasteiger partial charge in [0, 0.05) is 16.3 Å². The third-order valence-corrected chi connectivity index (χ3v) is 4.45. The Morgan fingerprint density at radius 3 is 2.42 bits per heavy atom. The van der Waals surface area contributed by atoms with Crippen molar-refractivity contribution in [2.75, 3.05) is 11.9 Å². The molecule has 5 nitrogen and oxygen atoms in total. The van der Waals surface area contributed by atoms with E-state index in [1.165, 1.54) is 0 Å². The standard InChI is InChI=1S/C20H23ClN2O3/c1-11(2)16-9-17(21)13(4)8-18(16)26-10-19(24)23-14-5-6-15(20(22)25)12(3)7-14/h5-9,11H,10H2,1-4H3,(H2,22,25)(H,23,24). The van der Waals surface area contributed by atoms with Gasteiger partial charge in [-0.3, -0.25) is 9.59 Å². The van der Waals surface area contributed by atoms with Crippen LogP contribution in [0.15, 0.2) is 30.3 Å². The van der Waals surface area contributed by atoms with E-state index in [4.69, 9.17) is 22.1 Å². The molecule has 2 amide bonds. The molecule has 6 heteroatoms. The van der Waals surface area contributed by atoms with Crippen molar-refractivity contribution in [2.24, 2.45) is 5.73 Å². The summed E-state index contributed by atoms with van der Waals surface area (Å²) >= 11 is 6.18. The number of hydrogen-bond acceptors (Lipinski definition) is 3. The highest BCUT2D eigenvalue weighted by Gasteiger charge is 2.13. The highest BCUT2D eigenvalue weighted by atomic mass is 35.5. The fourth-order valence-corrected chi connectivity index (χ4v) is 2.78. The van der Waals surface area contributed by atoms with Crippen LogP contribution < -0.4 is 15.8 Å². The number of carbonyl (C=O) groups is 2. The van der Waals surface area contributed by atoms with Gasteiger partial charge in [0.25, 0.3) is 5.91 Å². The SMILES string of the molecule is Cc1cc(OCC(=O)Nc2ccc(C(N)=O)c(C)c2)c(C(C)C)cc1Cl. The summed E-state index contributed by atoms with van der Waals surface area (Å²) in [7, 11) is 0. The lowest BCUT2D eigenvalue weighted by molar-refractivity contribution is -0.118. The van der Waals surface area contributed by atoms with Crippen LogP contribution in [0.2, 0.25) is 5.02 Å². The molecule has 0 atom stereocenters. The van der Waals surface area contributed by atoms with Crippen molar-refractivity contribution in [3.63, 3.8) is 0 Å². The number of benzene rings is 2. The Morgan fingerprint density at radius 1 is 1.15 bits per heavy atom. The lowest BCUT2D eigenvalue weighted by atomic mass is 10.0. The third-order valence-electron chi connectivity index (χ3n) is 4.05. The summed E-state index contributed by atoms with van der Waals surface area (Å²) in [4.78, 5) is 23.5. The van der Waals surface area contributed by atoms with Gasteiger partial charge in [-0.15, -0.1) is 0 Å². The molecule has 0 aliphatic heterocycles. The van der Waals surface area contributed by atoms with Crippen LogP contribution in [0.4, 0.5) is 5.69 Å². The van der Waals surface area contributed by atoms with Crippen molar-refractivity contribution >= 4 is 29.1 Å². The molecule has 0 saturated carbocycles. The minimum atomic E-state index is -0.497. The first-order valence-corrected chi connectivity index (χ1v) is 8.70. The maximum absolute atomic E-state index is 12.2. The third kappa shape index (κ3) is 4.76. The molecule has 0 saturated heterocycles. The zero-order chi connectivity index (χ0) is 19.4. The van der Waals surface area contributed by atoms with Gasteiger partial charge < -0.3 is 15.8 Å². The van der Waals surface area contributed by atoms with E-state index >= 15 is 0 Å². The van der Waals surface area contributed by atoms with Gasteiger partial charge in [-0.25, -0.2) is 0 Å². The quantitative estimate of drug-likeness (QED) is 0.795. The monoisotopic (exact) mass is 374 g/mol. The molecule has 26 heavy (non-hydrogen) atoms. The number of ether oxygens (including phenoxy) is 1. The van der Waals surface area contributed by atoms with E-state index in [-0.39, 0.29) is 18.4 Å². The first-order chi connectivity index (χ1) is 12.2. The van der Waals surface area contributed by atoms with Crippen molar-refractivity contribution in [3.05, 3.63) is 57.6 Å². The van der Waals surface area contributed by atoms with Crippen molar-refractivity contribution in [1.82, 2.24) is 0 Å². The molecule has 2 aromatic rings. The summed E-state index contributed by atoms with van der Waals surface area (Å²) in [5, 5.41) is 3.43. The second-order valence-corrected chi connectivity index (χ2v) is 6.93. The lowest BCUT2D eigenvalue weighted by Crippen LogP contribution is -2.21. The van der Waals surface area contributed by atoms with Gasteiger partial charge in [-0.05, 0) is 66.8 Å². The van der Waals surface area contributed by atoms with Gasteiger partial charge in [0.15, 0.2) is 6.61 Å². The number of anilines is 1. The normalized spacial score (nSPS) is 10.7. The van der Waals surface area contributed by atoms with Crippen LogP contribution in [0.3, 0.4) is 0 Å². The van der Waals surface area contributed by atoms with Crippen LogP contribution in [-0.4, -0.2) is 18.4 Å². The van der Waals surface area contributed by atoms with Crippen LogP contribution in [0.1, 0.15) is 46.8 Å². The molecule has 3 N–H and O–H groups in total. The minimum Gasteiger partial charge on any atom is -0.483 e. The average molecular weight is 375 g/mol. The second kappa shape index (κ2) is 8.23. The number of nitrogens with one attached hydrogen (secondary N) is 1. The zero-order valence-electron chi connectivity index (χ0n) is 15.4. The van der Waals surface area contributed by atoms with Crippen molar-refractivity contribution in [1.29, 1.82) is 0 Å². The first-order valence-electron chi connectivity index (χ1n) is 8.32. The summed E-state index contributed by atoms with van der Waals surface area (Å²) < 4.78 is 5.72. The van der Waals surface area contributed by atoms with E-state index < -0.39 is 5.91 Å². The highest BCUT2D eigenvalue weighted by molar-refractivity contribution is 6.31. The molecule has 2 rings (SSSR count). The molecular formula is C20H23ClN2O3. The van der Waals surface area contributed by atoms with Gasteiger partial charge in [0.05, 0.1) is 0 Å². The van der Waals surface area contributed by atoms with Crippen LogP contribution in [-0.2, 0) is 4.79 Å². The van der Waals surface area contributed by atoms with E-state index in [2.05, 4.69) is 5.32 Å². The predicted octanol–water partition coefficient (Wildman–Crippen LogP) is 4.20. The van der Waals surface area contributed by atoms with E-state index in [1.807, 2.05) is 32.9 Å². The fraction of sp³-hybridized carbons (Fsp3) is 0.300. The number of halogens is 1. The van der Waals surface area contributed by atoms with Crippen LogP contribution in [0, 0.1) is 13.8 Å². The maximum atomic E-state index is 12.2. The molecule has 0 aliphatic rings. The number of primary amides is 1. The molecule has 0 fully saturated rings. The minimum absolute atomic E-state index is 0.128. The van der Waals surface area contributed by atoms with Crippen LogP contribution >= 0.6 is 11.6 Å². The molecule has 0 bridgehead atoms. The summed E-state index contributed by atoms with van der Waals surface area (Å²) in [6, 6.07) is 8.64. The Balaban J connectivity index is 2.07. The smallest absolute Gasteiger partial charge is 0.262 e. The van der Waals surface area contributed by atoms with Crippen LogP contribution in [0.5, 0.6) is 5.75 Å². The maximum Gasteiger partial charge on any atom is 0.262 e. The molecule has 0 heterocycles. The van der Waals surface area contributed by atoms with Crippen molar-refractivity contribution < 1.29 is 14.3 Å². The van der Waals surface area contributed by atoms with E-state index in [0.29, 0.717) is 27.6 Å². The van der Waals surface area contributed by atoms with Gasteiger partial charge in [-0.2, -0.15) is 0 Å². The van der Waals surface area contributed by atoms with Crippen LogP contribution in [0.25, 0.3) is 0 Å². The number of hydrogen-bond donors (Lipinski definition) is 2. The number of rotatable bonds is 6. The lowest BCUT2D eigenvalue weighted by Gasteiger charge is -2.16. The molecule has 0 aliphatic carbocycles. The highest BCUT2D eigenvalue weighted by Crippen LogP contribution is 2.32. The molecule has 0 spiro atoms. The topological polar surface area (TPSA) is 81.4 Å². The van der Waals surface area contributed by atoms with Crippen molar-refractivity contribution in [2.45, 2.75) is 33.6 Å². The molecule has 0 unspecified atom stereocenters. The average Bonchev–Trinajstić information content (AvgIpc) is 2.55. The molecule has 138 valence electrons. The number of nitrogens with two attached hydrogens (primary N) is 1. The molecule has 2 aromatic carbocycles. The fourth-order valence-electron chi connectivity index (χ4n) is 2.60. The van der Waals surface area contributed by atoms with Crippen molar-refractivity contribution in [3.8, 4) is 5.75 Å². The number of carbonyl (C=O) groups excluding carboxylic acids is 2. The second-order valence-electron chi connectivity index (χ2n) is 6.52. The Kier molecular flexibility index (Phi) is 6.27. The van der Waals surface area contributed by atoms with Gasteiger partial charge in [0.1, 0.15) is 5.75 Å². The summed E-state index contributed by atoms with van der Waals surface area (Å²) in [6.07, 6.45) is 0. The summed E-state index contributed by atoms with van der Waals surface area (Å²) in [5.41, 5.74) is 8.84. The molecule has 0 aromatic heterocycles. The Hall–Kier alpha value is -2.53. The van der Waals surface area contributed by atoms with Gasteiger partial charge >= 0.3 is 0 Å².